The first-order valence-corrected chi connectivity index (χ1v) is 7.49. The van der Waals surface area contributed by atoms with Crippen molar-refractivity contribution >= 4 is 23.6 Å². The van der Waals surface area contributed by atoms with E-state index in [1.54, 1.807) is 36.0 Å². The Morgan fingerprint density at radius 1 is 1.30 bits per heavy atom. The van der Waals surface area contributed by atoms with E-state index in [2.05, 4.69) is 5.32 Å². The number of nitrogens with one attached hydrogen (secondary N) is 1. The van der Waals surface area contributed by atoms with E-state index in [1.807, 2.05) is 6.07 Å². The van der Waals surface area contributed by atoms with Gasteiger partial charge in [-0.15, -0.1) is 0 Å². The van der Waals surface area contributed by atoms with Crippen molar-refractivity contribution in [2.45, 2.75) is 13.0 Å². The van der Waals surface area contributed by atoms with Crippen molar-refractivity contribution in [2.24, 2.45) is 0 Å². The SMILES string of the molecule is CC(=O)OC(C(=O)NCCSCCO)c1ccccc1. The summed E-state index contributed by atoms with van der Waals surface area (Å²) in [5, 5.41) is 11.4. The average molecular weight is 297 g/mol. The summed E-state index contributed by atoms with van der Waals surface area (Å²) < 4.78 is 5.08. The largest absolute Gasteiger partial charge is 0.447 e. The highest BCUT2D eigenvalue weighted by atomic mass is 32.2. The topological polar surface area (TPSA) is 75.6 Å². The van der Waals surface area contributed by atoms with Gasteiger partial charge in [-0.3, -0.25) is 9.59 Å². The minimum absolute atomic E-state index is 0.124. The van der Waals surface area contributed by atoms with Crippen molar-refractivity contribution in [3.05, 3.63) is 35.9 Å². The van der Waals surface area contributed by atoms with E-state index in [0.717, 1.165) is 0 Å². The van der Waals surface area contributed by atoms with Crippen molar-refractivity contribution in [3.63, 3.8) is 0 Å². The second-order valence-electron chi connectivity index (χ2n) is 4.03. The quantitative estimate of drug-likeness (QED) is 0.556. The lowest BCUT2D eigenvalue weighted by atomic mass is 10.1. The number of carbonyl (C=O) groups excluding carboxylic acids is 2. The van der Waals surface area contributed by atoms with Gasteiger partial charge in [0, 0.05) is 30.5 Å². The van der Waals surface area contributed by atoms with E-state index in [-0.39, 0.29) is 12.5 Å². The van der Waals surface area contributed by atoms with Crippen molar-refractivity contribution in [1.29, 1.82) is 0 Å². The number of rotatable bonds is 8. The molecule has 0 aromatic heterocycles. The fourth-order valence-electron chi connectivity index (χ4n) is 1.57. The zero-order valence-corrected chi connectivity index (χ0v) is 12.2. The first kappa shape index (κ1) is 16.5. The second-order valence-corrected chi connectivity index (χ2v) is 5.25. The van der Waals surface area contributed by atoms with Gasteiger partial charge in [0.2, 0.25) is 6.10 Å². The predicted octanol–water partition coefficient (Wildman–Crippen LogP) is 1.13. The molecule has 1 amide bonds. The number of amides is 1. The third-order valence-corrected chi connectivity index (χ3v) is 3.37. The number of hydrogen-bond donors (Lipinski definition) is 2. The van der Waals surface area contributed by atoms with Gasteiger partial charge in [-0.1, -0.05) is 30.3 Å². The molecule has 1 atom stereocenters. The lowest BCUT2D eigenvalue weighted by Crippen LogP contribution is -2.33. The Morgan fingerprint density at radius 3 is 2.60 bits per heavy atom. The third-order valence-electron chi connectivity index (χ3n) is 2.41. The summed E-state index contributed by atoms with van der Waals surface area (Å²) in [6, 6.07) is 8.89. The van der Waals surface area contributed by atoms with Crippen LogP contribution in [0.5, 0.6) is 0 Å². The second kappa shape index (κ2) is 9.39. The molecule has 0 radical (unpaired) electrons. The molecule has 0 spiro atoms. The molecule has 1 aromatic rings. The Kier molecular flexibility index (Phi) is 7.75. The van der Waals surface area contributed by atoms with Crippen LogP contribution in [0, 0.1) is 0 Å². The van der Waals surface area contributed by atoms with Crippen LogP contribution < -0.4 is 5.32 Å². The van der Waals surface area contributed by atoms with Crippen LogP contribution in [0.15, 0.2) is 30.3 Å². The summed E-state index contributed by atoms with van der Waals surface area (Å²) in [5.41, 5.74) is 0.642. The molecule has 1 aromatic carbocycles. The first-order valence-electron chi connectivity index (χ1n) is 6.33. The molecule has 1 unspecified atom stereocenters. The summed E-state index contributed by atoms with van der Waals surface area (Å²) >= 11 is 1.54. The monoisotopic (exact) mass is 297 g/mol. The molecule has 0 bridgehead atoms. The lowest BCUT2D eigenvalue weighted by Gasteiger charge is -2.17. The van der Waals surface area contributed by atoms with Crippen LogP contribution in [0.4, 0.5) is 0 Å². The van der Waals surface area contributed by atoms with Gasteiger partial charge in [-0.05, 0) is 0 Å². The van der Waals surface area contributed by atoms with Crippen LogP contribution in [0.25, 0.3) is 0 Å². The maximum atomic E-state index is 12.1. The van der Waals surface area contributed by atoms with Crippen LogP contribution in [-0.4, -0.2) is 41.6 Å². The standard InChI is InChI=1S/C14H19NO4S/c1-11(17)19-13(12-5-3-2-4-6-12)14(18)15-7-9-20-10-8-16/h2-6,13,16H,7-10H2,1H3,(H,15,18). The van der Waals surface area contributed by atoms with Crippen LogP contribution >= 0.6 is 11.8 Å². The number of hydrogen-bond acceptors (Lipinski definition) is 5. The number of ether oxygens (including phenoxy) is 1. The lowest BCUT2D eigenvalue weighted by molar-refractivity contribution is -0.154. The molecule has 0 heterocycles. The highest BCUT2D eigenvalue weighted by Crippen LogP contribution is 2.17. The Balaban J connectivity index is 2.55. The van der Waals surface area contributed by atoms with Gasteiger partial charge < -0.3 is 15.2 Å². The van der Waals surface area contributed by atoms with Gasteiger partial charge in [-0.25, -0.2) is 0 Å². The Bertz CT molecular complexity index is 424. The number of aliphatic hydroxyl groups excluding tert-OH is 1. The minimum atomic E-state index is -0.920. The molecule has 6 heteroatoms. The molecule has 110 valence electrons. The smallest absolute Gasteiger partial charge is 0.303 e. The highest BCUT2D eigenvalue weighted by Gasteiger charge is 2.22. The summed E-state index contributed by atoms with van der Waals surface area (Å²) in [7, 11) is 0. The fraction of sp³-hybridized carbons (Fsp3) is 0.429. The number of aliphatic hydroxyl groups is 1. The molecule has 0 fully saturated rings. The molecule has 0 aliphatic rings. The normalized spacial score (nSPS) is 11.7. The third kappa shape index (κ3) is 6.08. The van der Waals surface area contributed by atoms with Crippen LogP contribution in [0.1, 0.15) is 18.6 Å². The van der Waals surface area contributed by atoms with Crippen molar-refractivity contribution in [3.8, 4) is 0 Å². The highest BCUT2D eigenvalue weighted by molar-refractivity contribution is 7.99. The van der Waals surface area contributed by atoms with Crippen LogP contribution in [0.3, 0.4) is 0 Å². The summed E-state index contributed by atoms with van der Waals surface area (Å²) in [5.74, 6) is 0.509. The zero-order valence-electron chi connectivity index (χ0n) is 11.4. The van der Waals surface area contributed by atoms with E-state index < -0.39 is 12.1 Å². The number of esters is 1. The van der Waals surface area contributed by atoms with E-state index >= 15 is 0 Å². The predicted molar refractivity (Wildman–Crippen MR) is 78.4 cm³/mol. The Labute approximate surface area is 122 Å². The summed E-state index contributed by atoms with van der Waals surface area (Å²) in [6.07, 6.45) is -0.920. The first-order chi connectivity index (χ1) is 9.65. The molecule has 0 saturated heterocycles. The Morgan fingerprint density at radius 2 is 2.00 bits per heavy atom. The molecule has 0 aliphatic carbocycles. The Hall–Kier alpha value is -1.53. The average Bonchev–Trinajstić information content (AvgIpc) is 2.45. The number of benzene rings is 1. The fourth-order valence-corrected chi connectivity index (χ4v) is 2.15. The van der Waals surface area contributed by atoms with Crippen molar-refractivity contribution < 1.29 is 19.4 Å². The molecule has 2 N–H and O–H groups in total. The van der Waals surface area contributed by atoms with Crippen molar-refractivity contribution in [1.82, 2.24) is 5.32 Å². The van der Waals surface area contributed by atoms with E-state index in [1.165, 1.54) is 6.92 Å². The van der Waals surface area contributed by atoms with Gasteiger partial charge in [0.1, 0.15) is 0 Å². The molecule has 5 nitrogen and oxygen atoms in total. The molecule has 0 aliphatic heterocycles. The van der Waals surface area contributed by atoms with Crippen LogP contribution in [-0.2, 0) is 14.3 Å². The zero-order chi connectivity index (χ0) is 14.8. The van der Waals surface area contributed by atoms with Gasteiger partial charge >= 0.3 is 5.97 Å². The van der Waals surface area contributed by atoms with Crippen molar-refractivity contribution in [2.75, 3.05) is 24.7 Å². The number of carbonyl (C=O) groups is 2. The molecule has 1 rings (SSSR count). The molecular formula is C14H19NO4S. The molecule has 0 saturated carbocycles. The van der Waals surface area contributed by atoms with Crippen LogP contribution in [0.2, 0.25) is 0 Å². The van der Waals surface area contributed by atoms with Gasteiger partial charge in [-0.2, -0.15) is 11.8 Å². The number of thioether (sulfide) groups is 1. The van der Waals surface area contributed by atoms with E-state index in [0.29, 0.717) is 23.6 Å². The summed E-state index contributed by atoms with van der Waals surface area (Å²) in [6.45, 7) is 1.87. The molecular weight excluding hydrogens is 278 g/mol. The maximum Gasteiger partial charge on any atom is 0.303 e. The maximum absolute atomic E-state index is 12.1. The van der Waals surface area contributed by atoms with E-state index in [9.17, 15) is 9.59 Å². The molecule has 20 heavy (non-hydrogen) atoms. The summed E-state index contributed by atoms with van der Waals surface area (Å²) in [4.78, 5) is 23.2. The van der Waals surface area contributed by atoms with E-state index in [4.69, 9.17) is 9.84 Å². The minimum Gasteiger partial charge on any atom is -0.447 e. The van der Waals surface area contributed by atoms with Gasteiger partial charge in [0.05, 0.1) is 6.61 Å². The van der Waals surface area contributed by atoms with Gasteiger partial charge in [0.15, 0.2) is 0 Å². The van der Waals surface area contributed by atoms with Gasteiger partial charge in [0.25, 0.3) is 5.91 Å².